The molecule has 1 aliphatic rings. The van der Waals surface area contributed by atoms with E-state index in [1.807, 2.05) is 0 Å². The number of nitrogens with two attached hydrogens (primary N) is 1. The van der Waals surface area contributed by atoms with Crippen LogP contribution in [0.2, 0.25) is 0 Å². The summed E-state index contributed by atoms with van der Waals surface area (Å²) >= 11 is 0. The lowest BCUT2D eigenvalue weighted by atomic mass is 10.1. The molecule has 2 rings (SSSR count). The zero-order valence-electron chi connectivity index (χ0n) is 11.4. The average Bonchev–Trinajstić information content (AvgIpc) is 2.96. The summed E-state index contributed by atoms with van der Waals surface area (Å²) in [6, 6.07) is 2.97. The van der Waals surface area contributed by atoms with Gasteiger partial charge in [0.15, 0.2) is 5.84 Å². The van der Waals surface area contributed by atoms with E-state index in [-0.39, 0.29) is 11.3 Å². The summed E-state index contributed by atoms with van der Waals surface area (Å²) in [5.41, 5.74) is 4.53. The molecule has 1 aromatic rings. The lowest BCUT2D eigenvalue weighted by Gasteiger charge is -2.16. The molecule has 7 heteroatoms. The first-order valence-electron chi connectivity index (χ1n) is 6.73. The molecule has 116 valence electrons. The fourth-order valence-electron chi connectivity index (χ4n) is 2.47. The molecule has 0 spiro atoms. The molecule has 0 heterocycles. The lowest BCUT2D eigenvalue weighted by Crippen LogP contribution is -2.18. The summed E-state index contributed by atoms with van der Waals surface area (Å²) in [6.45, 7) is 0.428. The predicted octanol–water partition coefficient (Wildman–Crippen LogP) is 3.37. The highest BCUT2D eigenvalue weighted by Crippen LogP contribution is 2.33. The molecule has 0 saturated heterocycles. The van der Waals surface area contributed by atoms with Crippen molar-refractivity contribution in [3.63, 3.8) is 0 Å². The fourth-order valence-corrected chi connectivity index (χ4v) is 2.47. The Morgan fingerprint density at radius 3 is 2.57 bits per heavy atom. The van der Waals surface area contributed by atoms with E-state index in [4.69, 9.17) is 15.7 Å². The van der Waals surface area contributed by atoms with Crippen molar-refractivity contribution >= 4 is 5.84 Å². The van der Waals surface area contributed by atoms with E-state index in [1.165, 1.54) is 6.07 Å². The van der Waals surface area contributed by atoms with Gasteiger partial charge in [-0.2, -0.15) is 13.2 Å². The summed E-state index contributed by atoms with van der Waals surface area (Å²) in [5.74, 6) is 0.208. The van der Waals surface area contributed by atoms with Gasteiger partial charge in [0, 0.05) is 0 Å². The van der Waals surface area contributed by atoms with Crippen LogP contribution < -0.4 is 10.5 Å². The van der Waals surface area contributed by atoms with Crippen molar-refractivity contribution in [3.05, 3.63) is 29.3 Å². The maximum Gasteiger partial charge on any atom is 0.416 e. The van der Waals surface area contributed by atoms with Crippen LogP contribution in [0.1, 0.15) is 36.8 Å². The lowest BCUT2D eigenvalue weighted by molar-refractivity contribution is -0.137. The normalized spacial score (nSPS) is 17.2. The molecule has 1 fully saturated rings. The molecule has 1 saturated carbocycles. The maximum atomic E-state index is 12.7. The number of nitrogens with zero attached hydrogens (tertiary/aromatic N) is 1. The molecule has 0 aliphatic heterocycles. The Labute approximate surface area is 120 Å². The van der Waals surface area contributed by atoms with Crippen LogP contribution in [0, 0.1) is 5.92 Å². The second-order valence-corrected chi connectivity index (χ2v) is 5.16. The van der Waals surface area contributed by atoms with Crippen molar-refractivity contribution < 1.29 is 23.1 Å². The molecule has 0 bridgehead atoms. The van der Waals surface area contributed by atoms with Gasteiger partial charge in [-0.25, -0.2) is 0 Å². The molecule has 1 aliphatic carbocycles. The standard InChI is InChI=1S/C14H17F3N2O2/c15-14(16,17)10-5-6-12(11(7-10)13(18)19-20)21-8-9-3-1-2-4-9/h5-7,9,20H,1-4,8H2,(H2,18,19). The van der Waals surface area contributed by atoms with E-state index in [1.54, 1.807) is 0 Å². The smallest absolute Gasteiger partial charge is 0.416 e. The Morgan fingerprint density at radius 1 is 1.33 bits per heavy atom. The van der Waals surface area contributed by atoms with E-state index >= 15 is 0 Å². The van der Waals surface area contributed by atoms with Crippen LogP contribution >= 0.6 is 0 Å². The first-order chi connectivity index (χ1) is 9.91. The van der Waals surface area contributed by atoms with Crippen LogP contribution in [0.15, 0.2) is 23.4 Å². The number of ether oxygens (including phenoxy) is 1. The summed E-state index contributed by atoms with van der Waals surface area (Å²) in [4.78, 5) is 0. The number of rotatable bonds is 4. The van der Waals surface area contributed by atoms with Gasteiger partial charge < -0.3 is 15.7 Å². The summed E-state index contributed by atoms with van der Waals surface area (Å²) < 4.78 is 43.7. The van der Waals surface area contributed by atoms with Gasteiger partial charge in [0.05, 0.1) is 17.7 Å². The van der Waals surface area contributed by atoms with E-state index in [9.17, 15) is 13.2 Å². The van der Waals surface area contributed by atoms with E-state index < -0.39 is 17.6 Å². The highest BCUT2D eigenvalue weighted by atomic mass is 19.4. The first-order valence-corrected chi connectivity index (χ1v) is 6.73. The fraction of sp³-hybridized carbons (Fsp3) is 0.500. The number of hydrogen-bond acceptors (Lipinski definition) is 3. The van der Waals surface area contributed by atoms with Crippen molar-refractivity contribution in [2.75, 3.05) is 6.61 Å². The molecular weight excluding hydrogens is 285 g/mol. The molecule has 0 radical (unpaired) electrons. The topological polar surface area (TPSA) is 67.8 Å². The number of amidine groups is 1. The molecule has 0 aromatic heterocycles. The third kappa shape index (κ3) is 3.80. The average molecular weight is 302 g/mol. The minimum atomic E-state index is -4.49. The maximum absolute atomic E-state index is 12.7. The van der Waals surface area contributed by atoms with E-state index in [2.05, 4.69) is 5.16 Å². The largest absolute Gasteiger partial charge is 0.493 e. The van der Waals surface area contributed by atoms with Crippen molar-refractivity contribution in [2.45, 2.75) is 31.9 Å². The molecule has 0 atom stereocenters. The molecule has 0 unspecified atom stereocenters. The van der Waals surface area contributed by atoms with Gasteiger partial charge in [-0.3, -0.25) is 0 Å². The molecular formula is C14H17F3N2O2. The van der Waals surface area contributed by atoms with Crippen molar-refractivity contribution in [1.29, 1.82) is 0 Å². The van der Waals surface area contributed by atoms with E-state index in [0.29, 0.717) is 12.5 Å². The summed E-state index contributed by atoms with van der Waals surface area (Å²) in [7, 11) is 0. The Hall–Kier alpha value is -1.92. The highest BCUT2D eigenvalue weighted by molar-refractivity contribution is 5.99. The quantitative estimate of drug-likeness (QED) is 0.388. The van der Waals surface area contributed by atoms with Gasteiger partial charge in [0.25, 0.3) is 0 Å². The summed E-state index contributed by atoms with van der Waals surface area (Å²) in [5, 5.41) is 11.5. The minimum Gasteiger partial charge on any atom is -0.493 e. The predicted molar refractivity (Wildman–Crippen MR) is 71.4 cm³/mol. The zero-order chi connectivity index (χ0) is 15.5. The monoisotopic (exact) mass is 302 g/mol. The Morgan fingerprint density at radius 2 is 2.00 bits per heavy atom. The molecule has 4 nitrogen and oxygen atoms in total. The molecule has 0 amide bonds. The van der Waals surface area contributed by atoms with Crippen LogP contribution in [0.3, 0.4) is 0 Å². The highest BCUT2D eigenvalue weighted by Gasteiger charge is 2.31. The molecule has 3 N–H and O–H groups in total. The molecule has 1 aromatic carbocycles. The Kier molecular flexibility index (Phi) is 4.59. The Bertz CT molecular complexity index is 523. The van der Waals surface area contributed by atoms with Crippen molar-refractivity contribution in [2.24, 2.45) is 16.8 Å². The third-order valence-corrected chi connectivity index (χ3v) is 3.64. The first kappa shape index (κ1) is 15.5. The van der Waals surface area contributed by atoms with Gasteiger partial charge in [-0.15, -0.1) is 0 Å². The number of alkyl halides is 3. The number of oxime groups is 1. The van der Waals surface area contributed by atoms with E-state index in [0.717, 1.165) is 37.8 Å². The Balaban J connectivity index is 2.22. The number of hydrogen-bond donors (Lipinski definition) is 2. The third-order valence-electron chi connectivity index (χ3n) is 3.64. The van der Waals surface area contributed by atoms with Crippen LogP contribution in [-0.2, 0) is 6.18 Å². The second kappa shape index (κ2) is 6.24. The van der Waals surface area contributed by atoms with Gasteiger partial charge in [0.2, 0.25) is 0 Å². The van der Waals surface area contributed by atoms with Gasteiger partial charge in [0.1, 0.15) is 5.75 Å². The minimum absolute atomic E-state index is 0.0506. The molecule has 21 heavy (non-hydrogen) atoms. The van der Waals surface area contributed by atoms with Gasteiger partial charge in [-0.1, -0.05) is 18.0 Å². The zero-order valence-corrected chi connectivity index (χ0v) is 11.4. The van der Waals surface area contributed by atoms with Gasteiger partial charge in [-0.05, 0) is 37.0 Å². The van der Waals surface area contributed by atoms with Crippen LogP contribution in [0.5, 0.6) is 5.75 Å². The van der Waals surface area contributed by atoms with Crippen molar-refractivity contribution in [3.8, 4) is 5.75 Å². The van der Waals surface area contributed by atoms with Gasteiger partial charge >= 0.3 is 6.18 Å². The van der Waals surface area contributed by atoms with Crippen molar-refractivity contribution in [1.82, 2.24) is 0 Å². The van der Waals surface area contributed by atoms with Crippen LogP contribution in [-0.4, -0.2) is 17.6 Å². The van der Waals surface area contributed by atoms with Crippen LogP contribution in [0.4, 0.5) is 13.2 Å². The second-order valence-electron chi connectivity index (χ2n) is 5.16. The summed E-state index contributed by atoms with van der Waals surface area (Å²) in [6.07, 6.45) is -0.0875. The SMILES string of the molecule is NC(=NO)c1cc(C(F)(F)F)ccc1OCC1CCCC1. The number of halogens is 3. The number of benzene rings is 1. The van der Waals surface area contributed by atoms with Crippen LogP contribution in [0.25, 0.3) is 0 Å².